The van der Waals surface area contributed by atoms with E-state index < -0.39 is 0 Å². The molecule has 0 nitrogen and oxygen atoms in total. The molecule has 102 valence electrons. The fourth-order valence-corrected chi connectivity index (χ4v) is 3.99. The highest BCUT2D eigenvalue weighted by Crippen LogP contribution is 2.48. The molecule has 0 heterocycles. The second-order valence-corrected chi connectivity index (χ2v) is 7.04. The first kappa shape index (κ1) is 13.9. The Labute approximate surface area is 114 Å². The minimum atomic E-state index is 0.518. The fourth-order valence-electron chi connectivity index (χ4n) is 3.99. The average Bonchev–Trinajstić information content (AvgIpc) is 2.39. The highest BCUT2D eigenvalue weighted by atomic mass is 14.4. The van der Waals surface area contributed by atoms with Crippen LogP contribution in [0.2, 0.25) is 0 Å². The van der Waals surface area contributed by atoms with Crippen molar-refractivity contribution >= 4 is 0 Å². The Morgan fingerprint density at radius 2 is 1.67 bits per heavy atom. The van der Waals surface area contributed by atoms with Crippen molar-refractivity contribution < 1.29 is 0 Å². The molecule has 0 aromatic heterocycles. The van der Waals surface area contributed by atoms with Gasteiger partial charge in [0.1, 0.15) is 0 Å². The fraction of sp³-hybridized carbons (Fsp3) is 0.778. The van der Waals surface area contributed by atoms with E-state index >= 15 is 0 Å². The number of hydrogen-bond donors (Lipinski definition) is 0. The molecule has 0 saturated carbocycles. The minimum Gasteiger partial charge on any atom is -0.0856 e. The van der Waals surface area contributed by atoms with Crippen LogP contribution in [0.3, 0.4) is 0 Å². The molecule has 0 N–H and O–H groups in total. The third-order valence-electron chi connectivity index (χ3n) is 5.59. The molecule has 2 aliphatic rings. The molecular weight excluding hydrogens is 216 g/mol. The summed E-state index contributed by atoms with van der Waals surface area (Å²) in [6.07, 6.45) is 14.4. The SMILES string of the molecule is CCC1=CCCC(C(C)(C)C2CCC=C(C)C2)C1. The van der Waals surface area contributed by atoms with Gasteiger partial charge in [-0.05, 0) is 69.1 Å². The second kappa shape index (κ2) is 5.63. The summed E-state index contributed by atoms with van der Waals surface area (Å²) >= 11 is 0. The first-order valence-electron chi connectivity index (χ1n) is 7.87. The van der Waals surface area contributed by atoms with Crippen LogP contribution in [0.5, 0.6) is 0 Å². The van der Waals surface area contributed by atoms with Crippen LogP contribution in [0.4, 0.5) is 0 Å². The third-order valence-corrected chi connectivity index (χ3v) is 5.59. The largest absolute Gasteiger partial charge is 0.0856 e. The highest BCUT2D eigenvalue weighted by molar-refractivity contribution is 5.11. The maximum absolute atomic E-state index is 2.54. The molecule has 0 radical (unpaired) electrons. The Morgan fingerprint density at radius 1 is 1.06 bits per heavy atom. The van der Waals surface area contributed by atoms with E-state index in [4.69, 9.17) is 0 Å². The summed E-state index contributed by atoms with van der Waals surface area (Å²) in [6, 6.07) is 0. The highest BCUT2D eigenvalue weighted by Gasteiger charge is 2.38. The molecular formula is C18H30. The van der Waals surface area contributed by atoms with Crippen LogP contribution in [0, 0.1) is 17.3 Å². The summed E-state index contributed by atoms with van der Waals surface area (Å²) in [5, 5.41) is 0. The standard InChI is InChI=1S/C18H30/c1-5-15-9-7-11-17(13-15)18(3,4)16-10-6-8-14(2)12-16/h8-9,16-17H,5-7,10-13H2,1-4H3. The molecule has 0 spiro atoms. The van der Waals surface area contributed by atoms with Crippen LogP contribution in [0.1, 0.15) is 72.6 Å². The van der Waals surface area contributed by atoms with Crippen LogP contribution in [0.15, 0.2) is 23.3 Å². The molecule has 0 saturated heterocycles. The van der Waals surface area contributed by atoms with Crippen molar-refractivity contribution in [3.05, 3.63) is 23.3 Å². The van der Waals surface area contributed by atoms with Crippen molar-refractivity contribution in [1.82, 2.24) is 0 Å². The van der Waals surface area contributed by atoms with Crippen molar-refractivity contribution in [1.29, 1.82) is 0 Å². The van der Waals surface area contributed by atoms with Gasteiger partial charge in [-0.1, -0.05) is 44.1 Å². The van der Waals surface area contributed by atoms with E-state index in [1.54, 1.807) is 11.1 Å². The predicted molar refractivity (Wildman–Crippen MR) is 80.6 cm³/mol. The molecule has 0 aliphatic heterocycles. The van der Waals surface area contributed by atoms with Crippen LogP contribution in [-0.4, -0.2) is 0 Å². The molecule has 2 unspecified atom stereocenters. The van der Waals surface area contributed by atoms with E-state index in [0.29, 0.717) is 5.41 Å². The molecule has 0 fully saturated rings. The summed E-state index contributed by atoms with van der Waals surface area (Å²) in [6.45, 7) is 9.72. The summed E-state index contributed by atoms with van der Waals surface area (Å²) in [4.78, 5) is 0. The summed E-state index contributed by atoms with van der Waals surface area (Å²) < 4.78 is 0. The Kier molecular flexibility index (Phi) is 4.35. The predicted octanol–water partition coefficient (Wildman–Crippen LogP) is 5.90. The first-order chi connectivity index (χ1) is 8.54. The van der Waals surface area contributed by atoms with Gasteiger partial charge in [-0.15, -0.1) is 0 Å². The van der Waals surface area contributed by atoms with Crippen molar-refractivity contribution in [3.8, 4) is 0 Å². The topological polar surface area (TPSA) is 0 Å². The van der Waals surface area contributed by atoms with E-state index in [-0.39, 0.29) is 0 Å². The normalized spacial score (nSPS) is 29.8. The van der Waals surface area contributed by atoms with Gasteiger partial charge < -0.3 is 0 Å². The maximum Gasteiger partial charge on any atom is -0.0287 e. The molecule has 0 aromatic carbocycles. The lowest BCUT2D eigenvalue weighted by atomic mass is 9.61. The molecule has 18 heavy (non-hydrogen) atoms. The lowest BCUT2D eigenvalue weighted by Crippen LogP contribution is -2.35. The van der Waals surface area contributed by atoms with E-state index in [1.165, 1.54) is 44.9 Å². The molecule has 0 heteroatoms. The summed E-state index contributed by atoms with van der Waals surface area (Å²) in [7, 11) is 0. The van der Waals surface area contributed by atoms with E-state index in [0.717, 1.165) is 11.8 Å². The van der Waals surface area contributed by atoms with Gasteiger partial charge in [-0.2, -0.15) is 0 Å². The summed E-state index contributed by atoms with van der Waals surface area (Å²) in [5.74, 6) is 1.82. The van der Waals surface area contributed by atoms with Crippen LogP contribution < -0.4 is 0 Å². The molecule has 2 rings (SSSR count). The van der Waals surface area contributed by atoms with Gasteiger partial charge in [0.05, 0.1) is 0 Å². The average molecular weight is 246 g/mol. The summed E-state index contributed by atoms with van der Waals surface area (Å²) in [5.41, 5.74) is 3.85. The number of allylic oxidation sites excluding steroid dienone is 4. The van der Waals surface area contributed by atoms with E-state index in [1.807, 2.05) is 0 Å². The van der Waals surface area contributed by atoms with Crippen molar-refractivity contribution in [2.45, 2.75) is 72.6 Å². The lowest BCUT2D eigenvalue weighted by Gasteiger charge is -2.44. The Balaban J connectivity index is 2.06. The van der Waals surface area contributed by atoms with E-state index in [9.17, 15) is 0 Å². The van der Waals surface area contributed by atoms with E-state index in [2.05, 4.69) is 39.8 Å². The van der Waals surface area contributed by atoms with Gasteiger partial charge in [0.2, 0.25) is 0 Å². The molecule has 0 bridgehead atoms. The van der Waals surface area contributed by atoms with Gasteiger partial charge in [0.15, 0.2) is 0 Å². The Bertz CT molecular complexity index is 343. The smallest absolute Gasteiger partial charge is 0.0287 e. The first-order valence-corrected chi connectivity index (χ1v) is 7.87. The maximum atomic E-state index is 2.54. The zero-order valence-corrected chi connectivity index (χ0v) is 12.8. The molecule has 2 aliphatic carbocycles. The molecule has 0 aromatic rings. The quantitative estimate of drug-likeness (QED) is 0.544. The van der Waals surface area contributed by atoms with Crippen LogP contribution in [0.25, 0.3) is 0 Å². The van der Waals surface area contributed by atoms with Crippen LogP contribution >= 0.6 is 0 Å². The van der Waals surface area contributed by atoms with Gasteiger partial charge in [-0.3, -0.25) is 0 Å². The number of rotatable bonds is 3. The van der Waals surface area contributed by atoms with Crippen molar-refractivity contribution in [2.24, 2.45) is 17.3 Å². The van der Waals surface area contributed by atoms with Gasteiger partial charge in [-0.25, -0.2) is 0 Å². The van der Waals surface area contributed by atoms with Crippen molar-refractivity contribution in [3.63, 3.8) is 0 Å². The lowest BCUT2D eigenvalue weighted by molar-refractivity contribution is 0.0921. The van der Waals surface area contributed by atoms with Gasteiger partial charge in [0, 0.05) is 0 Å². The zero-order valence-electron chi connectivity index (χ0n) is 12.8. The van der Waals surface area contributed by atoms with Gasteiger partial charge >= 0.3 is 0 Å². The zero-order chi connectivity index (χ0) is 13.2. The molecule has 2 atom stereocenters. The van der Waals surface area contributed by atoms with Gasteiger partial charge in [0.25, 0.3) is 0 Å². The minimum absolute atomic E-state index is 0.518. The second-order valence-electron chi connectivity index (χ2n) is 7.04. The molecule has 0 amide bonds. The third kappa shape index (κ3) is 2.90. The Hall–Kier alpha value is -0.520. The number of hydrogen-bond acceptors (Lipinski definition) is 0. The van der Waals surface area contributed by atoms with Crippen LogP contribution in [-0.2, 0) is 0 Å². The van der Waals surface area contributed by atoms with Crippen molar-refractivity contribution in [2.75, 3.05) is 0 Å². The monoisotopic (exact) mass is 246 g/mol. The Morgan fingerprint density at radius 3 is 2.28 bits per heavy atom.